The second-order valence-corrected chi connectivity index (χ2v) is 7.30. The van der Waals surface area contributed by atoms with Crippen LogP contribution in [0.25, 0.3) is 28.1 Å². The number of nitrogens with one attached hydrogen (secondary N) is 2. The summed E-state index contributed by atoms with van der Waals surface area (Å²) < 4.78 is 3.98. The van der Waals surface area contributed by atoms with Crippen molar-refractivity contribution in [3.05, 3.63) is 73.0 Å². The van der Waals surface area contributed by atoms with Crippen molar-refractivity contribution in [2.75, 3.05) is 11.9 Å². The van der Waals surface area contributed by atoms with Gasteiger partial charge in [0, 0.05) is 31.3 Å². The third-order valence-electron chi connectivity index (χ3n) is 5.19. The summed E-state index contributed by atoms with van der Waals surface area (Å²) in [5.41, 5.74) is 5.89. The first kappa shape index (κ1) is 18.1. The van der Waals surface area contributed by atoms with Crippen LogP contribution in [0.2, 0.25) is 0 Å². The van der Waals surface area contributed by atoms with Crippen molar-refractivity contribution < 1.29 is 0 Å². The average molecular weight is 398 g/mol. The van der Waals surface area contributed by atoms with Gasteiger partial charge in [0.2, 0.25) is 0 Å². The van der Waals surface area contributed by atoms with E-state index in [1.807, 2.05) is 65.9 Å². The molecule has 0 aliphatic carbocycles. The van der Waals surface area contributed by atoms with Crippen LogP contribution in [0.4, 0.5) is 5.82 Å². The predicted molar refractivity (Wildman–Crippen MR) is 118 cm³/mol. The summed E-state index contributed by atoms with van der Waals surface area (Å²) in [5, 5.41) is 3.47. The highest BCUT2D eigenvalue weighted by molar-refractivity contribution is 5.78. The van der Waals surface area contributed by atoms with Crippen molar-refractivity contribution in [2.45, 2.75) is 20.3 Å². The molecular weight excluding hydrogens is 376 g/mol. The predicted octanol–water partition coefficient (Wildman–Crippen LogP) is 3.79. The molecule has 0 saturated carbocycles. The maximum atomic E-state index is 4.83. The molecule has 2 N–H and O–H groups in total. The quantitative estimate of drug-likeness (QED) is 0.454. The molecule has 8 nitrogen and oxygen atoms in total. The molecule has 0 spiro atoms. The van der Waals surface area contributed by atoms with Crippen LogP contribution >= 0.6 is 0 Å². The molecule has 0 fully saturated rings. The van der Waals surface area contributed by atoms with E-state index in [4.69, 9.17) is 4.98 Å². The van der Waals surface area contributed by atoms with Gasteiger partial charge in [0.05, 0.1) is 29.1 Å². The molecule has 5 aromatic heterocycles. The smallest absolute Gasteiger partial charge is 0.180 e. The van der Waals surface area contributed by atoms with Crippen molar-refractivity contribution in [1.82, 2.24) is 33.9 Å². The van der Waals surface area contributed by atoms with Gasteiger partial charge < -0.3 is 10.3 Å². The van der Waals surface area contributed by atoms with Crippen molar-refractivity contribution >= 4 is 28.1 Å². The number of aromatic nitrogens is 7. The number of rotatable bonds is 6. The maximum absolute atomic E-state index is 4.83. The Kier molecular flexibility index (Phi) is 4.31. The molecule has 0 radical (unpaired) electrons. The summed E-state index contributed by atoms with van der Waals surface area (Å²) in [4.78, 5) is 21.5. The second-order valence-electron chi connectivity index (χ2n) is 7.30. The van der Waals surface area contributed by atoms with Gasteiger partial charge in [0.15, 0.2) is 17.3 Å². The normalized spacial score (nSPS) is 11.4. The van der Waals surface area contributed by atoms with Crippen LogP contribution in [0.3, 0.4) is 0 Å². The lowest BCUT2D eigenvalue weighted by Gasteiger charge is -2.12. The van der Waals surface area contributed by atoms with Gasteiger partial charge in [0.1, 0.15) is 5.82 Å². The fourth-order valence-corrected chi connectivity index (χ4v) is 3.66. The number of anilines is 1. The summed E-state index contributed by atoms with van der Waals surface area (Å²) in [6, 6.07) is 3.97. The first-order valence-electron chi connectivity index (χ1n) is 9.81. The molecule has 0 saturated heterocycles. The summed E-state index contributed by atoms with van der Waals surface area (Å²) in [6.07, 6.45) is 12.1. The Labute approximate surface area is 173 Å². The molecule has 5 aromatic rings. The lowest BCUT2D eigenvalue weighted by atomic mass is 10.2. The largest absolute Gasteiger partial charge is 0.367 e. The molecule has 0 aliphatic rings. The van der Waals surface area contributed by atoms with Gasteiger partial charge in [0.25, 0.3) is 0 Å². The molecular formula is C22H22N8. The van der Waals surface area contributed by atoms with E-state index < -0.39 is 0 Å². The molecule has 8 heteroatoms. The molecule has 0 bridgehead atoms. The molecule has 5 heterocycles. The number of aromatic amines is 1. The molecule has 0 amide bonds. The Hall–Kier alpha value is -3.94. The maximum Gasteiger partial charge on any atom is 0.180 e. The van der Waals surface area contributed by atoms with Crippen LogP contribution < -0.4 is 5.32 Å². The van der Waals surface area contributed by atoms with Crippen LogP contribution in [0.5, 0.6) is 0 Å². The molecule has 0 aromatic carbocycles. The number of hydrogen-bond acceptors (Lipinski definition) is 5. The number of hydrogen-bond donors (Lipinski definition) is 2. The fourth-order valence-electron chi connectivity index (χ4n) is 3.66. The average Bonchev–Trinajstić information content (AvgIpc) is 3.46. The van der Waals surface area contributed by atoms with Gasteiger partial charge in [-0.2, -0.15) is 0 Å². The minimum Gasteiger partial charge on any atom is -0.367 e. The van der Waals surface area contributed by atoms with Crippen molar-refractivity contribution in [2.24, 2.45) is 0 Å². The zero-order valence-corrected chi connectivity index (χ0v) is 16.9. The van der Waals surface area contributed by atoms with E-state index in [-0.39, 0.29) is 0 Å². The van der Waals surface area contributed by atoms with Crippen molar-refractivity contribution in [3.63, 3.8) is 0 Å². The first-order valence-corrected chi connectivity index (χ1v) is 9.81. The number of fused-ring (bicyclic) bond motifs is 2. The Morgan fingerprint density at radius 2 is 2.13 bits per heavy atom. The minimum absolute atomic E-state index is 0.702. The Bertz CT molecular complexity index is 1370. The summed E-state index contributed by atoms with van der Waals surface area (Å²) in [7, 11) is 0. The van der Waals surface area contributed by atoms with E-state index in [9.17, 15) is 0 Å². The number of allylic oxidation sites excluding steroid dienone is 1. The van der Waals surface area contributed by atoms with Crippen LogP contribution in [-0.2, 0) is 6.42 Å². The minimum atomic E-state index is 0.702. The van der Waals surface area contributed by atoms with Gasteiger partial charge in [-0.15, -0.1) is 0 Å². The van der Waals surface area contributed by atoms with Gasteiger partial charge in [-0.05, 0) is 43.5 Å². The zero-order valence-electron chi connectivity index (χ0n) is 16.9. The number of H-pyrrole nitrogens is 1. The number of nitrogens with zero attached hydrogens (tertiary/aromatic N) is 6. The van der Waals surface area contributed by atoms with Gasteiger partial charge in [-0.3, -0.25) is 14.0 Å². The third-order valence-corrected chi connectivity index (χ3v) is 5.19. The summed E-state index contributed by atoms with van der Waals surface area (Å²) >= 11 is 0. The van der Waals surface area contributed by atoms with Crippen molar-refractivity contribution in [3.8, 4) is 5.82 Å². The number of pyridine rings is 1. The lowest BCUT2D eigenvalue weighted by Crippen LogP contribution is -2.11. The topological polar surface area (TPSA) is 88.7 Å². The monoisotopic (exact) mass is 398 g/mol. The molecule has 0 atom stereocenters. The third kappa shape index (κ3) is 3.02. The highest BCUT2D eigenvalue weighted by Gasteiger charge is 2.14. The Balaban J connectivity index is 1.49. The van der Waals surface area contributed by atoms with Crippen LogP contribution in [-0.4, -0.2) is 40.4 Å². The van der Waals surface area contributed by atoms with E-state index in [1.54, 1.807) is 6.20 Å². The number of aryl methyl sites for hydroxylation is 1. The van der Waals surface area contributed by atoms with Gasteiger partial charge in [-0.1, -0.05) is 6.58 Å². The molecule has 0 unspecified atom stereocenters. The standard InChI is InChI=1S/C22H22N8/c1-14(2)18-12-27-22-21(28-19(13-30(18)22)29-10-9-23-15(29)3)25-8-6-16-11-26-17-5-4-7-24-20(16)17/h4-5,7,9-13,26H,1,6,8H2,2-3H3,(H,25,28). The van der Waals surface area contributed by atoms with E-state index in [2.05, 4.69) is 31.8 Å². The van der Waals surface area contributed by atoms with Gasteiger partial charge in [-0.25, -0.2) is 15.0 Å². The molecule has 5 rings (SSSR count). The molecule has 150 valence electrons. The second kappa shape index (κ2) is 7.14. The number of imidazole rings is 2. The lowest BCUT2D eigenvalue weighted by molar-refractivity contribution is 0.904. The van der Waals surface area contributed by atoms with Crippen LogP contribution in [0, 0.1) is 6.92 Å². The fraction of sp³-hybridized carbons (Fsp3) is 0.182. The Morgan fingerprint density at radius 3 is 2.93 bits per heavy atom. The highest BCUT2D eigenvalue weighted by atomic mass is 15.2. The van der Waals surface area contributed by atoms with E-state index in [1.165, 1.54) is 5.56 Å². The summed E-state index contributed by atoms with van der Waals surface area (Å²) in [5.74, 6) is 2.37. The highest BCUT2D eigenvalue weighted by Crippen LogP contribution is 2.23. The van der Waals surface area contributed by atoms with E-state index in [0.717, 1.165) is 51.8 Å². The molecule has 0 aliphatic heterocycles. The SMILES string of the molecule is C=C(C)c1cnc2c(NCCc3c[nH]c4cccnc34)nc(-n3ccnc3C)cn12. The van der Waals surface area contributed by atoms with Crippen LogP contribution in [0.15, 0.2) is 55.9 Å². The zero-order chi connectivity index (χ0) is 20.7. The molecule has 30 heavy (non-hydrogen) atoms. The van der Waals surface area contributed by atoms with Crippen molar-refractivity contribution in [1.29, 1.82) is 0 Å². The van der Waals surface area contributed by atoms with E-state index in [0.29, 0.717) is 6.54 Å². The van der Waals surface area contributed by atoms with Gasteiger partial charge >= 0.3 is 0 Å². The summed E-state index contributed by atoms with van der Waals surface area (Å²) in [6.45, 7) is 8.71. The van der Waals surface area contributed by atoms with E-state index >= 15 is 0 Å². The Morgan fingerprint density at radius 1 is 1.23 bits per heavy atom. The van der Waals surface area contributed by atoms with Crippen LogP contribution in [0.1, 0.15) is 24.0 Å². The first-order chi connectivity index (χ1) is 14.6.